The second-order valence-corrected chi connectivity index (χ2v) is 19.9. The number of carboxylic acid groups (broad SMARTS) is 1. The predicted octanol–water partition coefficient (Wildman–Crippen LogP) is 9.57. The van der Waals surface area contributed by atoms with E-state index in [9.17, 15) is 24.3 Å². The predicted molar refractivity (Wildman–Crippen MR) is 285 cm³/mol. The van der Waals surface area contributed by atoms with Crippen molar-refractivity contribution in [2.24, 2.45) is 5.92 Å². The first-order chi connectivity index (χ1) is 35.0. The van der Waals surface area contributed by atoms with Gasteiger partial charge in [0, 0.05) is 80.8 Å². The Hall–Kier alpha value is -7.17. The molecule has 72 heavy (non-hydrogen) atoms. The van der Waals surface area contributed by atoms with Gasteiger partial charge in [0.25, 0.3) is 5.91 Å². The molecule has 0 radical (unpaired) electrons. The van der Waals surface area contributed by atoms with Crippen LogP contribution in [0, 0.1) is 18.3 Å². The molecule has 9 rings (SSSR count). The molecule has 5 N–H and O–H groups in total. The number of piperidine rings is 1. The lowest BCUT2D eigenvalue weighted by atomic mass is 9.88. The number of nitrogens with one attached hydrogen (secondary N) is 4. The summed E-state index contributed by atoms with van der Waals surface area (Å²) in [6.45, 7) is 8.56. The molecule has 374 valence electrons. The quantitative estimate of drug-likeness (QED) is 0.0277. The van der Waals surface area contributed by atoms with Gasteiger partial charge in [-0.2, -0.15) is 0 Å². The number of carbonyl (C=O) groups is 4. The smallest absolute Gasteiger partial charge is 0.355 e. The molecule has 3 amide bonds. The largest absolute Gasteiger partial charge is 0.493 e. The minimum atomic E-state index is -1.11. The van der Waals surface area contributed by atoms with E-state index in [1.165, 1.54) is 37.0 Å². The Balaban J connectivity index is 0.695. The number of unbranched alkanes of at least 4 members (excludes halogenated alkanes) is 6. The third-order valence-electron chi connectivity index (χ3n) is 14.3. The summed E-state index contributed by atoms with van der Waals surface area (Å²) in [4.78, 5) is 66.7. The van der Waals surface area contributed by atoms with Gasteiger partial charge in [-0.05, 0) is 116 Å². The summed E-state index contributed by atoms with van der Waals surface area (Å²) in [5, 5.41) is 28.3. The van der Waals surface area contributed by atoms with Crippen molar-refractivity contribution in [3.05, 3.63) is 125 Å². The van der Waals surface area contributed by atoms with Crippen LogP contribution in [0.2, 0.25) is 0 Å². The van der Waals surface area contributed by atoms with Crippen LogP contribution in [0.25, 0.3) is 21.3 Å². The number of amides is 3. The Morgan fingerprint density at radius 3 is 2.38 bits per heavy atom. The fourth-order valence-electron chi connectivity index (χ4n) is 10.2. The van der Waals surface area contributed by atoms with Gasteiger partial charge >= 0.3 is 5.97 Å². The molecule has 1 atom stereocenters. The maximum Gasteiger partial charge on any atom is 0.355 e. The Morgan fingerprint density at radius 1 is 0.819 bits per heavy atom. The summed E-state index contributed by atoms with van der Waals surface area (Å²) < 4.78 is 7.28. The van der Waals surface area contributed by atoms with E-state index < -0.39 is 17.8 Å². The maximum atomic E-state index is 13.6. The van der Waals surface area contributed by atoms with E-state index in [1.54, 1.807) is 0 Å². The number of pyridine rings is 1. The minimum absolute atomic E-state index is 0.0283. The lowest BCUT2D eigenvalue weighted by molar-refractivity contribution is -0.134. The molecule has 0 bridgehead atoms. The topological polar surface area (TPSA) is 193 Å². The molecule has 1 unspecified atom stereocenters. The first kappa shape index (κ1) is 49.8. The Labute approximate surface area is 424 Å². The standard InChI is InChI=1S/C56H63N9O6S/c1-36-39(40-22-24-49(60-52(40)55(69)70)65-28-26-37-14-12-16-41(44(37)35-65)53(67)62-56-59-45-17-8-9-19-48(45)72-56)15-13-18-47(36)71-33-11-7-5-3-4-6-10-27-63-29-31-64(32-30-63)38-20-21-42(46(34-38)58-2)51(57)43-23-25-50(66)61-54(43)68/h8-9,12-22,24,34,43,57-58H,3-7,10-11,23,25-33,35H2,1-2H3,(H,69,70)(H,59,62,67)(H,61,66,68). The molecule has 0 spiro atoms. The number of benzene rings is 4. The molecular weight excluding hydrogens is 927 g/mol. The number of rotatable bonds is 20. The number of fused-ring (bicyclic) bond motifs is 2. The highest BCUT2D eigenvalue weighted by molar-refractivity contribution is 7.22. The molecule has 3 aliphatic rings. The minimum Gasteiger partial charge on any atom is -0.493 e. The summed E-state index contributed by atoms with van der Waals surface area (Å²) in [6, 6.07) is 29.1. The third kappa shape index (κ3) is 11.5. The number of carboxylic acids is 1. The molecule has 16 heteroatoms. The molecule has 0 saturated carbocycles. The lowest BCUT2D eigenvalue weighted by Crippen LogP contribution is -2.46. The molecular formula is C56H63N9O6S. The van der Waals surface area contributed by atoms with Gasteiger partial charge in [-0.15, -0.1) is 0 Å². The fourth-order valence-corrected chi connectivity index (χ4v) is 11.1. The number of anilines is 4. The van der Waals surface area contributed by atoms with E-state index in [2.05, 4.69) is 36.8 Å². The van der Waals surface area contributed by atoms with Crippen LogP contribution in [0.5, 0.6) is 5.75 Å². The summed E-state index contributed by atoms with van der Waals surface area (Å²) in [6.07, 6.45) is 9.28. The van der Waals surface area contributed by atoms with E-state index >= 15 is 0 Å². The van der Waals surface area contributed by atoms with Crippen LogP contribution in [0.3, 0.4) is 0 Å². The Morgan fingerprint density at radius 2 is 1.60 bits per heavy atom. The number of ether oxygens (including phenoxy) is 1. The van der Waals surface area contributed by atoms with Crippen molar-refractivity contribution in [2.45, 2.75) is 77.7 Å². The van der Waals surface area contributed by atoms with Crippen LogP contribution in [0.15, 0.2) is 91.0 Å². The van der Waals surface area contributed by atoms with Gasteiger partial charge in [-0.3, -0.25) is 29.9 Å². The summed E-state index contributed by atoms with van der Waals surface area (Å²) in [7, 11) is 1.83. The number of aromatic carboxylic acids is 1. The highest BCUT2D eigenvalue weighted by atomic mass is 32.1. The Bertz CT molecular complexity index is 2950. The zero-order chi connectivity index (χ0) is 50.1. The zero-order valence-corrected chi connectivity index (χ0v) is 41.9. The highest BCUT2D eigenvalue weighted by Gasteiger charge is 2.32. The van der Waals surface area contributed by atoms with Crippen molar-refractivity contribution in [3.63, 3.8) is 0 Å². The normalized spacial score (nSPS) is 16.1. The average molecular weight is 990 g/mol. The van der Waals surface area contributed by atoms with Crippen molar-refractivity contribution in [1.29, 1.82) is 5.41 Å². The van der Waals surface area contributed by atoms with Crippen molar-refractivity contribution in [1.82, 2.24) is 20.2 Å². The second-order valence-electron chi connectivity index (χ2n) is 18.9. The van der Waals surface area contributed by atoms with Gasteiger partial charge < -0.3 is 30.4 Å². The summed E-state index contributed by atoms with van der Waals surface area (Å²) in [5.41, 5.74) is 8.37. The molecule has 3 aliphatic heterocycles. The number of imide groups is 1. The average Bonchev–Trinajstić information content (AvgIpc) is 3.81. The third-order valence-corrected chi connectivity index (χ3v) is 15.2. The SMILES string of the molecule is CNc1cc(N2CCN(CCCCCCCCCOc3cccc(-c4ccc(N5CCc6cccc(C(=O)Nc7nc8ccccc8s7)c6C5)nc4C(=O)O)c3C)CC2)ccc1C(=N)C1CCC(=O)NC1=O. The molecule has 2 aromatic heterocycles. The van der Waals surface area contributed by atoms with Gasteiger partial charge in [0.2, 0.25) is 11.8 Å². The molecule has 15 nitrogen and oxygen atoms in total. The number of para-hydroxylation sites is 1. The monoisotopic (exact) mass is 989 g/mol. The number of aromatic nitrogens is 2. The molecule has 5 heterocycles. The zero-order valence-electron chi connectivity index (χ0n) is 41.1. The molecule has 0 aliphatic carbocycles. The number of piperazine rings is 1. The number of thiazole rings is 1. The van der Waals surface area contributed by atoms with E-state index in [-0.39, 0.29) is 29.6 Å². The second kappa shape index (κ2) is 22.9. The maximum absolute atomic E-state index is 13.6. The van der Waals surface area contributed by atoms with E-state index in [0.717, 1.165) is 102 Å². The van der Waals surface area contributed by atoms with Gasteiger partial charge in [0.1, 0.15) is 11.6 Å². The van der Waals surface area contributed by atoms with Crippen molar-refractivity contribution in [2.75, 3.05) is 73.4 Å². The van der Waals surface area contributed by atoms with E-state index in [4.69, 9.17) is 15.1 Å². The van der Waals surface area contributed by atoms with E-state index in [1.807, 2.05) is 104 Å². The van der Waals surface area contributed by atoms with Crippen LogP contribution >= 0.6 is 11.3 Å². The Kier molecular flexibility index (Phi) is 15.9. The molecule has 2 fully saturated rings. The van der Waals surface area contributed by atoms with Gasteiger partial charge in [0.15, 0.2) is 10.8 Å². The molecule has 6 aromatic rings. The van der Waals surface area contributed by atoms with Crippen molar-refractivity contribution in [3.8, 4) is 16.9 Å². The number of nitrogens with zero attached hydrogens (tertiary/aromatic N) is 5. The fraction of sp³-hybridized carbons (Fsp3) is 0.375. The van der Waals surface area contributed by atoms with Gasteiger partial charge in [0.05, 0.1) is 28.5 Å². The van der Waals surface area contributed by atoms with Crippen LogP contribution in [-0.4, -0.2) is 102 Å². The first-order valence-corrected chi connectivity index (χ1v) is 26.1. The van der Waals surface area contributed by atoms with Crippen molar-refractivity contribution >= 4 is 73.3 Å². The van der Waals surface area contributed by atoms with Crippen LogP contribution < -0.4 is 30.5 Å². The van der Waals surface area contributed by atoms with Crippen LogP contribution in [-0.2, 0) is 22.6 Å². The highest BCUT2D eigenvalue weighted by Crippen LogP contribution is 2.35. The molecule has 2 saturated heterocycles. The molecule has 4 aromatic carbocycles. The summed E-state index contributed by atoms with van der Waals surface area (Å²) in [5.74, 6) is -1.34. The van der Waals surface area contributed by atoms with Crippen LogP contribution in [0.4, 0.5) is 22.3 Å². The van der Waals surface area contributed by atoms with Crippen LogP contribution in [0.1, 0.15) is 101 Å². The number of hydrogen-bond donors (Lipinski definition) is 5. The lowest BCUT2D eigenvalue weighted by Gasteiger charge is -2.36. The number of hydrogen-bond acceptors (Lipinski definition) is 13. The number of carbonyl (C=O) groups excluding carboxylic acids is 3. The van der Waals surface area contributed by atoms with Crippen molar-refractivity contribution < 1.29 is 29.0 Å². The van der Waals surface area contributed by atoms with E-state index in [0.29, 0.717) is 60.2 Å². The van der Waals surface area contributed by atoms with Gasteiger partial charge in [-0.1, -0.05) is 79.8 Å². The van der Waals surface area contributed by atoms with Gasteiger partial charge in [-0.25, -0.2) is 14.8 Å². The summed E-state index contributed by atoms with van der Waals surface area (Å²) >= 11 is 1.43. The first-order valence-electron chi connectivity index (χ1n) is 25.3.